The molecule has 0 unspecified atom stereocenters. The number of rotatable bonds is 1. The van der Waals surface area contributed by atoms with Crippen molar-refractivity contribution in [3.05, 3.63) is 36.9 Å². The molecule has 0 atom stereocenters. The summed E-state index contributed by atoms with van der Waals surface area (Å²) in [7, 11) is 1.54. The van der Waals surface area contributed by atoms with Crippen LogP contribution in [0.4, 0.5) is 0 Å². The summed E-state index contributed by atoms with van der Waals surface area (Å²) in [4.78, 5) is 29.0. The largest absolute Gasteiger partial charge is 0.318 e. The van der Waals surface area contributed by atoms with Gasteiger partial charge in [-0.3, -0.25) is 14.2 Å². The van der Waals surface area contributed by atoms with Crippen LogP contribution in [0, 0.1) is 11.3 Å². The van der Waals surface area contributed by atoms with Crippen molar-refractivity contribution in [1.29, 1.82) is 5.26 Å². The van der Waals surface area contributed by atoms with E-state index in [0.29, 0.717) is 15.6 Å². The lowest BCUT2D eigenvalue weighted by Gasteiger charge is -2.26. The Labute approximate surface area is 158 Å². The summed E-state index contributed by atoms with van der Waals surface area (Å²) in [5, 5.41) is 12.4. The molecule has 2 aromatic heterocycles. The van der Waals surface area contributed by atoms with Crippen LogP contribution >= 0.6 is 40.7 Å². The fourth-order valence-electron chi connectivity index (χ4n) is 2.83. The molecule has 1 N–H and O–H groups in total. The maximum atomic E-state index is 12.5. The second-order valence-electron chi connectivity index (χ2n) is 5.29. The van der Waals surface area contributed by atoms with Gasteiger partial charge in [0.1, 0.15) is 6.07 Å². The second kappa shape index (κ2) is 8.12. The van der Waals surface area contributed by atoms with E-state index in [0.717, 1.165) is 25.9 Å². The van der Waals surface area contributed by atoms with Crippen molar-refractivity contribution in [2.75, 3.05) is 13.1 Å². The number of nitriles is 1. The van der Waals surface area contributed by atoms with E-state index < -0.39 is 11.1 Å². The molecule has 3 heterocycles. The van der Waals surface area contributed by atoms with Gasteiger partial charge in [0.25, 0.3) is 0 Å². The van der Waals surface area contributed by atoms with E-state index in [1.807, 2.05) is 6.07 Å². The Balaban J connectivity index is 0.00000144. The molecule has 0 aliphatic carbocycles. The van der Waals surface area contributed by atoms with E-state index >= 15 is 0 Å². The van der Waals surface area contributed by atoms with Crippen LogP contribution in [0.3, 0.4) is 0 Å². The minimum absolute atomic E-state index is 0. The zero-order valence-corrected chi connectivity index (χ0v) is 16.0. The predicted octanol–water partition coefficient (Wildman–Crippen LogP) is 1.50. The van der Waals surface area contributed by atoms with Crippen molar-refractivity contribution in [2.24, 2.45) is 7.05 Å². The zero-order valence-electron chi connectivity index (χ0n) is 12.8. The lowest BCUT2D eigenvalue weighted by atomic mass is 10.1. The van der Waals surface area contributed by atoms with Crippen molar-refractivity contribution in [3.8, 4) is 6.07 Å². The minimum Gasteiger partial charge on any atom is -0.317 e. The number of hydrogen-bond donors (Lipinski definition) is 1. The highest BCUT2D eigenvalue weighted by atomic mass is 79.9. The first-order valence-corrected chi connectivity index (χ1v) is 7.76. The number of nitrogens with one attached hydrogen (secondary N) is 1. The summed E-state index contributed by atoms with van der Waals surface area (Å²) in [6, 6.07) is 3.59. The van der Waals surface area contributed by atoms with Crippen LogP contribution in [0.25, 0.3) is 11.2 Å². The molecule has 0 amide bonds. The summed E-state index contributed by atoms with van der Waals surface area (Å²) in [6.45, 7) is 1.57. The number of pyridine rings is 1. The highest BCUT2D eigenvalue weighted by Gasteiger charge is 2.22. The third-order valence-corrected chi connectivity index (χ3v) is 4.62. The van der Waals surface area contributed by atoms with E-state index in [4.69, 9.17) is 5.26 Å². The molecule has 1 saturated heterocycles. The summed E-state index contributed by atoms with van der Waals surface area (Å²) in [5.41, 5.74) is -0.0361. The molecule has 1 aliphatic rings. The lowest BCUT2D eigenvalue weighted by molar-refractivity contribution is 0.365. The highest BCUT2D eigenvalue weighted by molar-refractivity contribution is 9.10. The van der Waals surface area contributed by atoms with Gasteiger partial charge in [-0.15, -0.1) is 24.8 Å². The van der Waals surface area contributed by atoms with Crippen molar-refractivity contribution < 1.29 is 0 Å². The van der Waals surface area contributed by atoms with Gasteiger partial charge in [-0.2, -0.15) is 5.26 Å². The Hall–Kier alpha value is -1.40. The number of nitrogens with zero attached hydrogens (tertiary/aromatic N) is 4. The molecule has 3 rings (SSSR count). The molecule has 0 radical (unpaired) electrons. The molecular weight excluding hydrogens is 421 g/mol. The number of halogens is 3. The average Bonchev–Trinajstić information content (AvgIpc) is 2.54. The number of fused-ring (bicyclic) bond motifs is 1. The standard InChI is InChI=1S/C14H14BrN5O2.2ClH/c1-19-11-6-9(15)10(7-16)18-12(11)20(14(22)13(19)21)8-2-4-17-5-3-8;;/h6,8,17H,2-5H2,1H3;2*1H. The van der Waals surface area contributed by atoms with Gasteiger partial charge in [0.15, 0.2) is 11.3 Å². The first-order chi connectivity index (χ1) is 10.5. The van der Waals surface area contributed by atoms with E-state index in [1.54, 1.807) is 13.1 Å². The first-order valence-electron chi connectivity index (χ1n) is 6.97. The molecule has 10 heteroatoms. The fraction of sp³-hybridized carbons (Fsp3) is 0.429. The second-order valence-corrected chi connectivity index (χ2v) is 6.15. The number of aryl methyl sites for hydroxylation is 1. The maximum absolute atomic E-state index is 12.5. The van der Waals surface area contributed by atoms with Crippen molar-refractivity contribution in [2.45, 2.75) is 18.9 Å². The van der Waals surface area contributed by atoms with Crippen LogP contribution in [-0.2, 0) is 7.05 Å². The molecule has 7 nitrogen and oxygen atoms in total. The molecular formula is C14H16BrCl2N5O2. The van der Waals surface area contributed by atoms with Gasteiger partial charge >= 0.3 is 11.1 Å². The van der Waals surface area contributed by atoms with E-state index in [9.17, 15) is 9.59 Å². The van der Waals surface area contributed by atoms with Crippen LogP contribution < -0.4 is 16.4 Å². The van der Waals surface area contributed by atoms with Crippen LogP contribution in [0.5, 0.6) is 0 Å². The van der Waals surface area contributed by atoms with Crippen molar-refractivity contribution >= 4 is 51.9 Å². The van der Waals surface area contributed by atoms with Gasteiger partial charge in [-0.1, -0.05) is 0 Å². The third-order valence-electron chi connectivity index (χ3n) is 4.01. The molecule has 2 aromatic rings. The summed E-state index contributed by atoms with van der Waals surface area (Å²) >= 11 is 3.28. The number of aromatic nitrogens is 3. The SMILES string of the molecule is Cl.Cl.Cn1c(=O)c(=O)n(C2CCNCC2)c2nc(C#N)c(Br)cc21. The Morgan fingerprint density at radius 1 is 1.29 bits per heavy atom. The Kier molecular flexibility index (Phi) is 6.98. The molecule has 1 fully saturated rings. The van der Waals surface area contributed by atoms with Crippen LogP contribution in [-0.4, -0.2) is 27.2 Å². The Morgan fingerprint density at radius 2 is 1.92 bits per heavy atom. The smallest absolute Gasteiger partial charge is 0.317 e. The van der Waals surface area contributed by atoms with Crippen LogP contribution in [0.2, 0.25) is 0 Å². The zero-order chi connectivity index (χ0) is 15.9. The quantitative estimate of drug-likeness (QED) is 0.683. The molecule has 0 aromatic carbocycles. The van der Waals surface area contributed by atoms with Crippen LogP contribution in [0.1, 0.15) is 24.6 Å². The van der Waals surface area contributed by atoms with E-state index in [2.05, 4.69) is 26.2 Å². The lowest BCUT2D eigenvalue weighted by Crippen LogP contribution is -2.44. The van der Waals surface area contributed by atoms with Crippen molar-refractivity contribution in [3.63, 3.8) is 0 Å². The molecule has 0 saturated carbocycles. The summed E-state index contributed by atoms with van der Waals surface area (Å²) < 4.78 is 3.26. The van der Waals surface area contributed by atoms with Gasteiger partial charge in [-0.05, 0) is 47.9 Å². The van der Waals surface area contributed by atoms with Gasteiger partial charge in [0, 0.05) is 13.1 Å². The summed E-state index contributed by atoms with van der Waals surface area (Å²) in [6.07, 6.45) is 1.50. The third kappa shape index (κ3) is 3.35. The Morgan fingerprint density at radius 3 is 2.50 bits per heavy atom. The average molecular weight is 437 g/mol. The number of piperidine rings is 1. The highest BCUT2D eigenvalue weighted by Crippen LogP contribution is 2.24. The van der Waals surface area contributed by atoms with Gasteiger partial charge in [-0.25, -0.2) is 4.98 Å². The van der Waals surface area contributed by atoms with Crippen molar-refractivity contribution in [1.82, 2.24) is 19.4 Å². The fourth-order valence-corrected chi connectivity index (χ4v) is 3.22. The molecule has 24 heavy (non-hydrogen) atoms. The van der Waals surface area contributed by atoms with Gasteiger partial charge in [0.2, 0.25) is 0 Å². The molecule has 0 bridgehead atoms. The van der Waals surface area contributed by atoms with E-state index in [1.165, 1.54) is 9.13 Å². The molecule has 130 valence electrons. The monoisotopic (exact) mass is 435 g/mol. The first kappa shape index (κ1) is 20.6. The van der Waals surface area contributed by atoms with Crippen LogP contribution in [0.15, 0.2) is 20.1 Å². The Bertz CT molecular complexity index is 912. The number of hydrogen-bond acceptors (Lipinski definition) is 5. The summed E-state index contributed by atoms with van der Waals surface area (Å²) in [5.74, 6) is 0. The normalized spacial score (nSPS) is 14.5. The van der Waals surface area contributed by atoms with Gasteiger partial charge in [0.05, 0.1) is 9.99 Å². The van der Waals surface area contributed by atoms with Gasteiger partial charge < -0.3 is 9.88 Å². The predicted molar refractivity (Wildman–Crippen MR) is 99.3 cm³/mol. The maximum Gasteiger partial charge on any atom is 0.318 e. The molecule has 0 spiro atoms. The van der Waals surface area contributed by atoms with E-state index in [-0.39, 0.29) is 36.5 Å². The minimum atomic E-state index is -0.583. The topological polar surface area (TPSA) is 92.7 Å². The molecule has 1 aliphatic heterocycles.